The summed E-state index contributed by atoms with van der Waals surface area (Å²) in [5, 5.41) is 4.28. The predicted molar refractivity (Wildman–Crippen MR) is 446 cm³/mol. The van der Waals surface area contributed by atoms with Gasteiger partial charge in [0.1, 0.15) is 69.6 Å². The van der Waals surface area contributed by atoms with Gasteiger partial charge in [0, 0.05) is 104 Å². The van der Waals surface area contributed by atoms with Gasteiger partial charge in [-0.3, -0.25) is 48.5 Å². The molecule has 2 aromatic heterocycles. The number of benzene rings is 11. The largest absolute Gasteiger partial charge is 0.457 e. The number of amides is 5. The summed E-state index contributed by atoms with van der Waals surface area (Å²) in [6, 6.07) is 51.9. The number of fused-ring (bicyclic) bond motifs is 2. The molecule has 116 heavy (non-hydrogen) atoms. The van der Waals surface area contributed by atoms with Crippen LogP contribution in [0.2, 0.25) is 0 Å². The molecular formula is C97H83N5O14. The third-order valence-electron chi connectivity index (χ3n) is 21.2. The van der Waals surface area contributed by atoms with Crippen LogP contribution in [0.25, 0.3) is 43.1 Å². The van der Waals surface area contributed by atoms with E-state index in [2.05, 4.69) is 83.8 Å². The Kier molecular flexibility index (Phi) is 21.3. The van der Waals surface area contributed by atoms with Crippen LogP contribution < -0.4 is 33.7 Å². The highest BCUT2D eigenvalue weighted by Crippen LogP contribution is 2.58. The Balaban J connectivity index is 1.05. The first-order valence-corrected chi connectivity index (χ1v) is 38.5. The molecule has 15 rings (SSSR count). The van der Waals surface area contributed by atoms with Gasteiger partial charge in [-0.25, -0.2) is 9.59 Å². The van der Waals surface area contributed by atoms with Crippen molar-refractivity contribution in [2.24, 2.45) is 0 Å². The smallest absolute Gasteiger partial charge is 0.335 e. The first kappa shape index (κ1) is 77.4. The second-order valence-corrected chi connectivity index (χ2v) is 30.7. The summed E-state index contributed by atoms with van der Waals surface area (Å²) >= 11 is 0. The summed E-state index contributed by atoms with van der Waals surface area (Å²) < 4.78 is 41.9. The van der Waals surface area contributed by atoms with Crippen molar-refractivity contribution in [2.75, 3.05) is 5.32 Å². The first-order valence-electron chi connectivity index (χ1n) is 38.5. The minimum absolute atomic E-state index is 0.0133. The zero-order valence-electron chi connectivity index (χ0n) is 65.8. The Morgan fingerprint density at radius 2 is 0.681 bits per heavy atom. The number of esters is 2. The van der Waals surface area contributed by atoms with Crippen LogP contribution in [-0.4, -0.2) is 79.1 Å². The molecule has 0 bridgehead atoms. The molecule has 580 valence electrons. The summed E-state index contributed by atoms with van der Waals surface area (Å²) in [6.07, 6.45) is 5.58. The molecule has 4 heterocycles. The summed E-state index contributed by atoms with van der Waals surface area (Å²) in [5.41, 5.74) is 6.01. The lowest BCUT2D eigenvalue weighted by atomic mass is 9.80. The quantitative estimate of drug-likeness (QED) is 0.0126. The molecule has 13 aromatic rings. The second-order valence-electron chi connectivity index (χ2n) is 30.7. The van der Waals surface area contributed by atoms with Gasteiger partial charge in [0.2, 0.25) is 0 Å². The van der Waals surface area contributed by atoms with Crippen molar-refractivity contribution in [2.45, 2.75) is 124 Å². The molecule has 11 aromatic carbocycles. The van der Waals surface area contributed by atoms with Crippen molar-refractivity contribution >= 4 is 96.0 Å². The summed E-state index contributed by atoms with van der Waals surface area (Å²) in [7, 11) is 0. The van der Waals surface area contributed by atoms with Crippen molar-refractivity contribution in [3.8, 4) is 57.5 Å². The van der Waals surface area contributed by atoms with Crippen LogP contribution >= 0.6 is 0 Å². The van der Waals surface area contributed by atoms with Gasteiger partial charge >= 0.3 is 11.9 Å². The molecule has 2 aliphatic rings. The molecular weight excluding hydrogens is 1460 g/mol. The Hall–Kier alpha value is -13.9. The van der Waals surface area contributed by atoms with Gasteiger partial charge in [-0.2, -0.15) is 0 Å². The van der Waals surface area contributed by atoms with Crippen molar-refractivity contribution in [1.82, 2.24) is 19.8 Å². The number of ketones is 1. The summed E-state index contributed by atoms with van der Waals surface area (Å²) in [5.74, 6) is -4.60. The maximum absolute atomic E-state index is 16.8. The molecule has 0 saturated heterocycles. The third-order valence-corrected chi connectivity index (χ3v) is 21.2. The molecule has 2 unspecified atom stereocenters. The zero-order valence-corrected chi connectivity index (χ0v) is 65.8. The maximum atomic E-state index is 16.8. The highest BCUT2D eigenvalue weighted by Gasteiger charge is 2.47. The van der Waals surface area contributed by atoms with Gasteiger partial charge in [-0.1, -0.05) is 135 Å². The number of anilines is 1. The third kappa shape index (κ3) is 15.2. The van der Waals surface area contributed by atoms with E-state index in [-0.39, 0.29) is 160 Å². The number of allylic oxidation sites excluding steroid dienone is 1. The minimum atomic E-state index is -1.70. The van der Waals surface area contributed by atoms with E-state index in [1.54, 1.807) is 123 Å². The average molecular weight is 1540 g/mol. The SMILES string of the molecule is C=C(C)C(=O)Cc1cccc(OC(=O)C(Cc2ccncc2)N2C(=O)c3cc(Oc4ccc(C(C)C)cc4)c4c5c(Oc6ccc(C(C)C)cc6)cc6c7c(cc(Oc8ccc(C(C)C)cc8)c(c8c(Oc9ccc(C(C)C)cc9)cc(c3c48)C2=O)c75)C(=O)N(C(Cc2ccncc2)C(=O)Oc2cccc(NC(=O)C(=C)C)c2)C6=O)c1. The maximum Gasteiger partial charge on any atom is 0.335 e. The second kappa shape index (κ2) is 31.9. The van der Waals surface area contributed by atoms with E-state index in [9.17, 15) is 9.59 Å². The molecule has 5 amide bonds. The number of hydrogen-bond acceptors (Lipinski definition) is 16. The summed E-state index contributed by atoms with van der Waals surface area (Å²) in [4.78, 5) is 134. The number of imide groups is 2. The van der Waals surface area contributed by atoms with Gasteiger partial charge in [-0.15, -0.1) is 0 Å². The van der Waals surface area contributed by atoms with Crippen molar-refractivity contribution in [3.63, 3.8) is 0 Å². The lowest BCUT2D eigenvalue weighted by Gasteiger charge is -2.35. The fourth-order valence-electron chi connectivity index (χ4n) is 15.0. The number of Topliss-reactive ketones (excluding diaryl/α,β-unsaturated/α-hetero) is 1. The Labute approximate surface area is 670 Å². The van der Waals surface area contributed by atoms with E-state index in [1.165, 1.54) is 61.2 Å². The Morgan fingerprint density at radius 3 is 0.991 bits per heavy atom. The average Bonchev–Trinajstić information content (AvgIpc) is 0.670. The van der Waals surface area contributed by atoms with Gasteiger partial charge < -0.3 is 33.7 Å². The number of rotatable bonds is 27. The predicted octanol–water partition coefficient (Wildman–Crippen LogP) is 21.0. The number of nitrogens with one attached hydrogen (secondary N) is 1. The van der Waals surface area contributed by atoms with Crippen LogP contribution in [-0.2, 0) is 38.4 Å². The fourth-order valence-corrected chi connectivity index (χ4v) is 15.0. The number of nitrogens with zero attached hydrogens (tertiary/aromatic N) is 4. The fraction of sp³-hybridized carbons (Fsp3) is 0.196. The van der Waals surface area contributed by atoms with E-state index in [0.29, 0.717) is 45.3 Å². The van der Waals surface area contributed by atoms with Crippen LogP contribution in [0.15, 0.2) is 243 Å². The first-order chi connectivity index (χ1) is 55.7. The van der Waals surface area contributed by atoms with E-state index in [1.807, 2.05) is 48.5 Å². The number of aromatic nitrogens is 2. The van der Waals surface area contributed by atoms with Gasteiger partial charge in [-0.05, 0) is 203 Å². The van der Waals surface area contributed by atoms with Crippen LogP contribution in [0.4, 0.5) is 5.69 Å². The molecule has 2 atom stereocenters. The van der Waals surface area contributed by atoms with Crippen LogP contribution in [0.5, 0.6) is 57.5 Å². The van der Waals surface area contributed by atoms with Crippen molar-refractivity contribution < 1.29 is 66.8 Å². The standard InChI is InChI=1S/C97H83N5O14/c1-52(2)61-19-27-66(28-20-61)111-79-48-72-83-73(93(106)101(92(72)105)76(44-58-35-39-98-40-36-58)96(109)115-70-17-13-15-60(43-70)46-78(103)56(9)10)49-80(112-67-29-21-62(22-30-67)53(3)4)86-88-82(114-69-33-25-64(26-34-69)55(7)8)51-75-84-74(50-81(87(90(84)88)85(79)89(83)86)113-68-31-23-63(24-32-68)54(5)6)94(107)102(95(75)108)77(45-59-37-41-99-42-38-59)97(110)116-71-18-14-16-65(47-71)100-91(104)57(11)12/h13-43,47-55,76-77H,9,11,44-46H2,1-8,10,12H3,(H,100,104). The van der Waals surface area contributed by atoms with Gasteiger partial charge in [0.25, 0.3) is 29.5 Å². The van der Waals surface area contributed by atoms with Crippen molar-refractivity contribution in [1.29, 1.82) is 0 Å². The molecule has 19 heteroatoms. The number of hydrogen-bond donors (Lipinski definition) is 1. The molecule has 0 spiro atoms. The van der Waals surface area contributed by atoms with Gasteiger partial charge in [0.05, 0.1) is 22.3 Å². The summed E-state index contributed by atoms with van der Waals surface area (Å²) in [6.45, 7) is 27.2. The normalized spacial score (nSPS) is 13.2. The molecule has 1 N–H and O–H groups in total. The molecule has 0 radical (unpaired) electrons. The number of ether oxygens (including phenoxy) is 6. The van der Waals surface area contributed by atoms with E-state index < -0.39 is 53.6 Å². The number of carbonyl (C=O) groups excluding carboxylic acids is 8. The van der Waals surface area contributed by atoms with Gasteiger partial charge in [0.15, 0.2) is 5.78 Å². The number of pyridine rings is 2. The Bertz CT molecular complexity index is 5550. The zero-order chi connectivity index (χ0) is 81.7. The monoisotopic (exact) mass is 1540 g/mol. The molecule has 19 nitrogen and oxygen atoms in total. The Morgan fingerprint density at radius 1 is 0.362 bits per heavy atom. The lowest BCUT2D eigenvalue weighted by Crippen LogP contribution is -2.53. The molecule has 2 aliphatic heterocycles. The van der Waals surface area contributed by atoms with Crippen LogP contribution in [0, 0.1) is 0 Å². The van der Waals surface area contributed by atoms with E-state index >= 15 is 28.8 Å². The highest BCUT2D eigenvalue weighted by molar-refractivity contribution is 6.45. The molecule has 0 aliphatic carbocycles. The van der Waals surface area contributed by atoms with Crippen LogP contribution in [0.3, 0.4) is 0 Å². The highest BCUT2D eigenvalue weighted by atomic mass is 16.5. The van der Waals surface area contributed by atoms with E-state index in [4.69, 9.17) is 28.4 Å². The topological polar surface area (TPSA) is 236 Å². The molecule has 0 saturated carbocycles. The molecule has 0 fully saturated rings. The lowest BCUT2D eigenvalue weighted by molar-refractivity contribution is -0.139. The number of carbonyl (C=O) groups is 8. The van der Waals surface area contributed by atoms with Crippen LogP contribution in [0.1, 0.15) is 173 Å². The van der Waals surface area contributed by atoms with E-state index in [0.717, 1.165) is 32.1 Å². The van der Waals surface area contributed by atoms with Crippen molar-refractivity contribution in [3.05, 3.63) is 304 Å². The minimum Gasteiger partial charge on any atom is -0.457 e.